The predicted octanol–water partition coefficient (Wildman–Crippen LogP) is 4.02. The van der Waals surface area contributed by atoms with Crippen LogP contribution < -0.4 is 11.1 Å². The van der Waals surface area contributed by atoms with Crippen molar-refractivity contribution in [1.29, 1.82) is 0 Å². The van der Waals surface area contributed by atoms with Gasteiger partial charge in [-0.25, -0.2) is 0 Å². The monoisotopic (exact) mass is 350 g/mol. The summed E-state index contributed by atoms with van der Waals surface area (Å²) in [5.41, 5.74) is 6.52. The van der Waals surface area contributed by atoms with Crippen molar-refractivity contribution in [2.75, 3.05) is 6.54 Å². The topological polar surface area (TPSA) is 55.1 Å². The number of hydrogen-bond donors (Lipinski definition) is 2. The molecule has 0 radical (unpaired) electrons. The largest absolute Gasteiger partial charge is 0.416 e. The van der Waals surface area contributed by atoms with Crippen molar-refractivity contribution in [3.05, 3.63) is 71.3 Å². The maximum Gasteiger partial charge on any atom is 0.416 e. The molecule has 2 aromatic carbocycles. The fourth-order valence-corrected chi connectivity index (χ4v) is 2.66. The van der Waals surface area contributed by atoms with Crippen molar-refractivity contribution < 1.29 is 18.0 Å². The van der Waals surface area contributed by atoms with Crippen LogP contribution in [0, 0.1) is 0 Å². The highest BCUT2D eigenvalue weighted by atomic mass is 19.4. The van der Waals surface area contributed by atoms with Gasteiger partial charge in [-0.05, 0) is 23.6 Å². The predicted molar refractivity (Wildman–Crippen MR) is 90.9 cm³/mol. The van der Waals surface area contributed by atoms with E-state index in [1.54, 1.807) is 13.0 Å². The van der Waals surface area contributed by atoms with Crippen LogP contribution in [0.15, 0.2) is 54.6 Å². The lowest BCUT2D eigenvalue weighted by Crippen LogP contribution is -2.35. The highest BCUT2D eigenvalue weighted by Crippen LogP contribution is 2.31. The smallest absolute Gasteiger partial charge is 0.354 e. The Kier molecular flexibility index (Phi) is 6.20. The van der Waals surface area contributed by atoms with E-state index < -0.39 is 17.7 Å². The van der Waals surface area contributed by atoms with Crippen molar-refractivity contribution in [3.63, 3.8) is 0 Å². The third-order valence-electron chi connectivity index (χ3n) is 4.06. The average molecular weight is 350 g/mol. The summed E-state index contributed by atoms with van der Waals surface area (Å²) in [4.78, 5) is 12.4. The van der Waals surface area contributed by atoms with Gasteiger partial charge in [0.05, 0.1) is 11.5 Å². The number of carbonyl (C=O) groups is 1. The van der Waals surface area contributed by atoms with E-state index in [9.17, 15) is 18.0 Å². The number of hydrogen-bond acceptors (Lipinski definition) is 2. The standard InChI is InChI=1S/C19H21F3N2O/c1-2-16(14-9-6-10-15(11-14)19(20,21)22)18(25)24-12-17(23)13-7-4-3-5-8-13/h3-11,16-17H,2,12,23H2,1H3,(H,24,25). The van der Waals surface area contributed by atoms with Crippen LogP contribution >= 0.6 is 0 Å². The molecule has 0 saturated carbocycles. The minimum absolute atomic E-state index is 0.221. The second kappa shape index (κ2) is 8.16. The molecule has 0 bridgehead atoms. The van der Waals surface area contributed by atoms with Crippen molar-refractivity contribution >= 4 is 5.91 Å². The fraction of sp³-hybridized carbons (Fsp3) is 0.316. The zero-order valence-electron chi connectivity index (χ0n) is 13.9. The summed E-state index contributed by atoms with van der Waals surface area (Å²) in [6.07, 6.45) is -4.03. The Hall–Kier alpha value is -2.34. The Labute approximate surface area is 145 Å². The van der Waals surface area contributed by atoms with Crippen LogP contribution in [-0.4, -0.2) is 12.5 Å². The molecule has 2 unspecified atom stereocenters. The first kappa shape index (κ1) is 19.0. The maximum absolute atomic E-state index is 12.9. The molecule has 3 N–H and O–H groups in total. The Bertz CT molecular complexity index is 701. The molecule has 3 nitrogen and oxygen atoms in total. The Morgan fingerprint density at radius 2 is 1.72 bits per heavy atom. The molecule has 0 saturated heterocycles. The summed E-state index contributed by atoms with van der Waals surface area (Å²) in [7, 11) is 0. The lowest BCUT2D eigenvalue weighted by atomic mass is 9.93. The first-order valence-electron chi connectivity index (χ1n) is 8.08. The molecule has 134 valence electrons. The van der Waals surface area contributed by atoms with E-state index in [2.05, 4.69) is 5.32 Å². The van der Waals surface area contributed by atoms with Crippen LogP contribution in [0.3, 0.4) is 0 Å². The zero-order valence-corrected chi connectivity index (χ0v) is 13.9. The highest BCUT2D eigenvalue weighted by Gasteiger charge is 2.31. The van der Waals surface area contributed by atoms with Gasteiger partial charge in [0.1, 0.15) is 0 Å². The lowest BCUT2D eigenvalue weighted by molar-refractivity contribution is -0.137. The van der Waals surface area contributed by atoms with E-state index >= 15 is 0 Å². The Morgan fingerprint density at radius 1 is 1.08 bits per heavy atom. The van der Waals surface area contributed by atoms with E-state index in [0.717, 1.165) is 17.7 Å². The van der Waals surface area contributed by atoms with Gasteiger partial charge < -0.3 is 11.1 Å². The second-order valence-corrected chi connectivity index (χ2v) is 5.85. The molecular formula is C19H21F3N2O. The van der Waals surface area contributed by atoms with Gasteiger partial charge in [-0.1, -0.05) is 55.5 Å². The van der Waals surface area contributed by atoms with Gasteiger partial charge in [0, 0.05) is 12.6 Å². The molecule has 2 aromatic rings. The van der Waals surface area contributed by atoms with E-state index in [0.29, 0.717) is 12.0 Å². The summed E-state index contributed by atoms with van der Waals surface area (Å²) in [5.74, 6) is -0.974. The molecule has 1 amide bonds. The quantitative estimate of drug-likeness (QED) is 0.827. The minimum Gasteiger partial charge on any atom is -0.354 e. The van der Waals surface area contributed by atoms with Crippen molar-refractivity contribution in [2.45, 2.75) is 31.5 Å². The van der Waals surface area contributed by atoms with Crippen molar-refractivity contribution in [2.24, 2.45) is 5.73 Å². The molecule has 0 spiro atoms. The number of amides is 1. The van der Waals surface area contributed by atoms with Gasteiger partial charge in [0.25, 0.3) is 0 Å². The summed E-state index contributed by atoms with van der Waals surface area (Å²) < 4.78 is 38.6. The van der Waals surface area contributed by atoms with Gasteiger partial charge in [0.2, 0.25) is 5.91 Å². The number of alkyl halides is 3. The zero-order chi connectivity index (χ0) is 18.4. The minimum atomic E-state index is -4.43. The third-order valence-corrected chi connectivity index (χ3v) is 4.06. The number of carbonyl (C=O) groups excluding carboxylic acids is 1. The van der Waals surface area contributed by atoms with Gasteiger partial charge in [-0.3, -0.25) is 4.79 Å². The molecule has 0 aliphatic heterocycles. The van der Waals surface area contributed by atoms with Crippen molar-refractivity contribution in [1.82, 2.24) is 5.32 Å². The Balaban J connectivity index is 2.06. The molecule has 0 aliphatic carbocycles. The summed E-state index contributed by atoms with van der Waals surface area (Å²) in [6, 6.07) is 13.8. The lowest BCUT2D eigenvalue weighted by Gasteiger charge is -2.19. The molecule has 2 rings (SSSR count). The summed E-state index contributed by atoms with van der Waals surface area (Å²) in [6.45, 7) is 1.99. The fourth-order valence-electron chi connectivity index (χ4n) is 2.66. The SMILES string of the molecule is CCC(C(=O)NCC(N)c1ccccc1)c1cccc(C(F)(F)F)c1. The molecule has 0 aliphatic rings. The van der Waals surface area contributed by atoms with Gasteiger partial charge in [0.15, 0.2) is 0 Å². The molecular weight excluding hydrogens is 329 g/mol. The van der Waals surface area contributed by atoms with E-state index in [1.807, 2.05) is 30.3 Å². The second-order valence-electron chi connectivity index (χ2n) is 5.85. The number of benzene rings is 2. The van der Waals surface area contributed by atoms with Crippen LogP contribution in [0.4, 0.5) is 13.2 Å². The number of halogens is 3. The number of rotatable bonds is 6. The van der Waals surface area contributed by atoms with Crippen LogP contribution in [0.2, 0.25) is 0 Å². The average Bonchev–Trinajstić information content (AvgIpc) is 2.60. The molecule has 25 heavy (non-hydrogen) atoms. The molecule has 0 aromatic heterocycles. The van der Waals surface area contributed by atoms with Crippen LogP contribution in [-0.2, 0) is 11.0 Å². The van der Waals surface area contributed by atoms with Gasteiger partial charge in [-0.15, -0.1) is 0 Å². The van der Waals surface area contributed by atoms with Crippen molar-refractivity contribution in [3.8, 4) is 0 Å². The Morgan fingerprint density at radius 3 is 2.32 bits per heavy atom. The van der Waals surface area contributed by atoms with E-state index in [4.69, 9.17) is 5.73 Å². The third kappa shape index (κ3) is 5.06. The highest BCUT2D eigenvalue weighted by molar-refractivity contribution is 5.83. The molecule has 0 fully saturated rings. The number of nitrogens with one attached hydrogen (secondary N) is 1. The van der Waals surface area contributed by atoms with Crippen LogP contribution in [0.25, 0.3) is 0 Å². The summed E-state index contributed by atoms with van der Waals surface area (Å²) in [5, 5.41) is 2.74. The van der Waals surface area contributed by atoms with Gasteiger partial charge in [-0.2, -0.15) is 13.2 Å². The summed E-state index contributed by atoms with van der Waals surface area (Å²) >= 11 is 0. The number of nitrogens with two attached hydrogens (primary N) is 1. The molecule has 0 heterocycles. The first-order valence-corrected chi connectivity index (χ1v) is 8.08. The first-order chi connectivity index (χ1) is 11.8. The maximum atomic E-state index is 12.9. The van der Waals surface area contributed by atoms with E-state index in [1.165, 1.54) is 6.07 Å². The van der Waals surface area contributed by atoms with E-state index in [-0.39, 0.29) is 18.5 Å². The normalized spacial score (nSPS) is 14.0. The van der Waals surface area contributed by atoms with Crippen LogP contribution in [0.5, 0.6) is 0 Å². The van der Waals surface area contributed by atoms with Gasteiger partial charge >= 0.3 is 6.18 Å². The molecule has 2 atom stereocenters. The van der Waals surface area contributed by atoms with Crippen LogP contribution in [0.1, 0.15) is 42.0 Å². The molecule has 6 heteroatoms.